The van der Waals surface area contributed by atoms with Crippen molar-refractivity contribution in [2.24, 2.45) is 0 Å². The second-order valence-electron chi connectivity index (χ2n) is 4.39. The minimum absolute atomic E-state index is 0.109. The highest BCUT2D eigenvalue weighted by Gasteiger charge is 2.13. The summed E-state index contributed by atoms with van der Waals surface area (Å²) in [5, 5.41) is 7.62. The van der Waals surface area contributed by atoms with Gasteiger partial charge in [0.2, 0.25) is 5.91 Å². The molecular formula is C14H16ClN3O2. The van der Waals surface area contributed by atoms with Gasteiger partial charge in [-0.3, -0.25) is 9.48 Å². The molecule has 106 valence electrons. The first kappa shape index (κ1) is 14.4. The number of hydrogen-bond donors (Lipinski definition) is 1. The zero-order valence-corrected chi connectivity index (χ0v) is 12.4. The summed E-state index contributed by atoms with van der Waals surface area (Å²) in [7, 11) is 1.56. The number of anilines is 1. The largest absolute Gasteiger partial charge is 0.495 e. The number of hydrogen-bond acceptors (Lipinski definition) is 3. The first-order valence-electron chi connectivity index (χ1n) is 6.15. The normalized spacial score (nSPS) is 10.4. The Bertz CT molecular complexity index is 637. The molecule has 0 fully saturated rings. The first-order chi connectivity index (χ1) is 9.52. The molecule has 0 aliphatic carbocycles. The molecule has 1 aromatic heterocycles. The van der Waals surface area contributed by atoms with Crippen molar-refractivity contribution in [1.82, 2.24) is 9.78 Å². The van der Waals surface area contributed by atoms with Crippen LogP contribution in [0.2, 0.25) is 5.02 Å². The van der Waals surface area contributed by atoms with Gasteiger partial charge < -0.3 is 10.1 Å². The van der Waals surface area contributed by atoms with E-state index in [1.165, 1.54) is 0 Å². The van der Waals surface area contributed by atoms with E-state index in [0.29, 0.717) is 22.2 Å². The molecule has 1 N–H and O–H groups in total. The van der Waals surface area contributed by atoms with Crippen molar-refractivity contribution in [2.75, 3.05) is 12.4 Å². The molecule has 0 radical (unpaired) electrons. The Kier molecular flexibility index (Phi) is 4.29. The maximum atomic E-state index is 12.1. The van der Waals surface area contributed by atoms with Crippen LogP contribution in [0.25, 0.3) is 0 Å². The number of aromatic nitrogens is 2. The minimum Gasteiger partial charge on any atom is -0.495 e. The summed E-state index contributed by atoms with van der Waals surface area (Å²) in [6, 6.07) is 7.24. The van der Waals surface area contributed by atoms with Crippen LogP contribution in [0.5, 0.6) is 5.75 Å². The minimum atomic E-state index is -0.184. The number of halogens is 1. The van der Waals surface area contributed by atoms with Gasteiger partial charge in [-0.25, -0.2) is 0 Å². The molecule has 1 aromatic carbocycles. The lowest BCUT2D eigenvalue weighted by Gasteiger charge is -2.10. The number of carbonyl (C=O) groups excluding carboxylic acids is 1. The highest BCUT2D eigenvalue weighted by atomic mass is 35.5. The van der Waals surface area contributed by atoms with Crippen LogP contribution in [-0.2, 0) is 11.3 Å². The van der Waals surface area contributed by atoms with Crippen molar-refractivity contribution >= 4 is 23.2 Å². The molecule has 0 bridgehead atoms. The topological polar surface area (TPSA) is 56.1 Å². The van der Waals surface area contributed by atoms with Gasteiger partial charge in [-0.15, -0.1) is 0 Å². The molecule has 0 atom stereocenters. The summed E-state index contributed by atoms with van der Waals surface area (Å²) in [4.78, 5) is 12.1. The van der Waals surface area contributed by atoms with Gasteiger partial charge in [0.05, 0.1) is 29.2 Å². The molecular weight excluding hydrogens is 278 g/mol. The predicted octanol–water partition coefficient (Wildman–Crippen LogP) is 2.80. The Morgan fingerprint density at radius 2 is 2.10 bits per heavy atom. The highest BCUT2D eigenvalue weighted by Crippen LogP contribution is 2.23. The molecule has 0 spiro atoms. The van der Waals surface area contributed by atoms with E-state index < -0.39 is 0 Å². The van der Waals surface area contributed by atoms with E-state index in [2.05, 4.69) is 10.4 Å². The number of nitrogens with one attached hydrogen (secondary N) is 1. The zero-order chi connectivity index (χ0) is 14.7. The molecule has 5 nitrogen and oxygen atoms in total. The van der Waals surface area contributed by atoms with E-state index in [0.717, 1.165) is 5.69 Å². The molecule has 6 heteroatoms. The van der Waals surface area contributed by atoms with E-state index in [1.54, 1.807) is 23.9 Å². The smallest absolute Gasteiger partial charge is 0.246 e. The molecule has 2 rings (SSSR count). The fraction of sp³-hybridized carbons (Fsp3) is 0.286. The molecule has 0 unspecified atom stereocenters. The number of carbonyl (C=O) groups is 1. The van der Waals surface area contributed by atoms with Gasteiger partial charge in [0.15, 0.2) is 0 Å². The summed E-state index contributed by atoms with van der Waals surface area (Å²) in [5.74, 6) is 0.434. The summed E-state index contributed by atoms with van der Waals surface area (Å²) < 4.78 is 6.77. The van der Waals surface area contributed by atoms with Crippen LogP contribution in [0.3, 0.4) is 0 Å². The SMILES string of the molecule is COc1ccccc1NC(=O)Cn1nc(C)c(Cl)c1C. The number of para-hydroxylation sites is 2. The van der Waals surface area contributed by atoms with E-state index in [-0.39, 0.29) is 12.5 Å². The summed E-state index contributed by atoms with van der Waals surface area (Å²) in [6.07, 6.45) is 0. The standard InChI is InChI=1S/C14H16ClN3O2/c1-9-14(15)10(2)18(17-9)8-13(19)16-11-6-4-5-7-12(11)20-3/h4-7H,8H2,1-3H3,(H,16,19). The van der Waals surface area contributed by atoms with Crippen molar-refractivity contribution in [3.63, 3.8) is 0 Å². The molecule has 0 aliphatic heterocycles. The van der Waals surface area contributed by atoms with Crippen LogP contribution in [0.1, 0.15) is 11.4 Å². The number of amides is 1. The number of benzene rings is 1. The van der Waals surface area contributed by atoms with Crippen molar-refractivity contribution in [3.05, 3.63) is 40.7 Å². The van der Waals surface area contributed by atoms with Crippen molar-refractivity contribution < 1.29 is 9.53 Å². The maximum absolute atomic E-state index is 12.1. The first-order valence-corrected chi connectivity index (χ1v) is 6.53. The second kappa shape index (κ2) is 5.96. The lowest BCUT2D eigenvalue weighted by atomic mass is 10.3. The Morgan fingerprint density at radius 3 is 2.70 bits per heavy atom. The zero-order valence-electron chi connectivity index (χ0n) is 11.6. The lowest BCUT2D eigenvalue weighted by molar-refractivity contribution is -0.116. The van der Waals surface area contributed by atoms with Crippen molar-refractivity contribution in [1.29, 1.82) is 0 Å². The van der Waals surface area contributed by atoms with Gasteiger partial charge >= 0.3 is 0 Å². The van der Waals surface area contributed by atoms with Crippen LogP contribution in [0.4, 0.5) is 5.69 Å². The third-order valence-electron chi connectivity index (χ3n) is 2.97. The average Bonchev–Trinajstić information content (AvgIpc) is 2.67. The molecule has 0 saturated carbocycles. The Hall–Kier alpha value is -2.01. The number of ether oxygens (including phenoxy) is 1. The number of methoxy groups -OCH3 is 1. The molecule has 0 aliphatic rings. The van der Waals surface area contributed by atoms with Gasteiger partial charge in [0, 0.05) is 0 Å². The van der Waals surface area contributed by atoms with Gasteiger partial charge in [-0.05, 0) is 26.0 Å². The van der Waals surface area contributed by atoms with E-state index in [4.69, 9.17) is 16.3 Å². The number of rotatable bonds is 4. The second-order valence-corrected chi connectivity index (χ2v) is 4.77. The van der Waals surface area contributed by atoms with Crippen LogP contribution < -0.4 is 10.1 Å². The van der Waals surface area contributed by atoms with Crippen LogP contribution in [0, 0.1) is 13.8 Å². The third kappa shape index (κ3) is 2.93. The van der Waals surface area contributed by atoms with Crippen molar-refractivity contribution in [2.45, 2.75) is 20.4 Å². The van der Waals surface area contributed by atoms with Crippen molar-refractivity contribution in [3.8, 4) is 5.75 Å². The van der Waals surface area contributed by atoms with Crippen LogP contribution >= 0.6 is 11.6 Å². The Morgan fingerprint density at radius 1 is 1.40 bits per heavy atom. The maximum Gasteiger partial charge on any atom is 0.246 e. The quantitative estimate of drug-likeness (QED) is 0.943. The van der Waals surface area contributed by atoms with Crippen LogP contribution in [0.15, 0.2) is 24.3 Å². The number of nitrogens with zero attached hydrogens (tertiary/aromatic N) is 2. The summed E-state index contributed by atoms with van der Waals surface area (Å²) in [5.41, 5.74) is 2.13. The summed E-state index contributed by atoms with van der Waals surface area (Å²) >= 11 is 6.05. The molecule has 1 amide bonds. The van der Waals surface area contributed by atoms with E-state index in [1.807, 2.05) is 26.0 Å². The molecule has 1 heterocycles. The van der Waals surface area contributed by atoms with E-state index >= 15 is 0 Å². The fourth-order valence-corrected chi connectivity index (χ4v) is 2.04. The van der Waals surface area contributed by atoms with Crippen LogP contribution in [-0.4, -0.2) is 22.8 Å². The van der Waals surface area contributed by atoms with Gasteiger partial charge in [0.1, 0.15) is 12.3 Å². The number of aryl methyl sites for hydroxylation is 1. The lowest BCUT2D eigenvalue weighted by Crippen LogP contribution is -2.20. The van der Waals surface area contributed by atoms with E-state index in [9.17, 15) is 4.79 Å². The highest BCUT2D eigenvalue weighted by molar-refractivity contribution is 6.31. The third-order valence-corrected chi connectivity index (χ3v) is 3.51. The van der Waals surface area contributed by atoms with Gasteiger partial charge in [-0.2, -0.15) is 5.10 Å². The summed E-state index contributed by atoms with van der Waals surface area (Å²) in [6.45, 7) is 3.75. The Labute approximate surface area is 122 Å². The van der Waals surface area contributed by atoms with Gasteiger partial charge in [0.25, 0.3) is 0 Å². The van der Waals surface area contributed by atoms with Gasteiger partial charge in [-0.1, -0.05) is 23.7 Å². The predicted molar refractivity (Wildman–Crippen MR) is 78.3 cm³/mol. The molecule has 2 aromatic rings. The average molecular weight is 294 g/mol. The fourth-order valence-electron chi connectivity index (χ4n) is 1.90. The molecule has 20 heavy (non-hydrogen) atoms. The monoisotopic (exact) mass is 293 g/mol. The Balaban J connectivity index is 2.11. The molecule has 0 saturated heterocycles.